The SMILES string of the molecule is Cc1c(N=Nc2ccc(S(=O)(=O)O)cc2C(=O)O)c(O)[nH]c(=O)c1-[n+]1cccc(C(=O)[O-])c1.[Li].[Na]. The average Bonchev–Trinajstić information content (AvgIpc) is 2.72. The number of aromatic hydroxyl groups is 1. The maximum atomic E-state index is 12.4. The Labute approximate surface area is 231 Å². The molecule has 13 nitrogen and oxygen atoms in total. The first-order valence-corrected chi connectivity index (χ1v) is 10.3. The summed E-state index contributed by atoms with van der Waals surface area (Å²) in [6.45, 7) is 1.39. The normalized spacial score (nSPS) is 10.9. The number of carboxylic acids is 2. The molecule has 35 heavy (non-hydrogen) atoms. The van der Waals surface area contributed by atoms with E-state index >= 15 is 0 Å². The van der Waals surface area contributed by atoms with E-state index in [4.69, 9.17) is 4.55 Å². The van der Waals surface area contributed by atoms with Gasteiger partial charge >= 0.3 is 11.5 Å². The summed E-state index contributed by atoms with van der Waals surface area (Å²) in [6, 6.07) is 5.17. The second-order valence-electron chi connectivity index (χ2n) is 6.57. The van der Waals surface area contributed by atoms with Gasteiger partial charge in [-0.15, -0.1) is 10.2 Å². The van der Waals surface area contributed by atoms with Crippen LogP contribution in [0, 0.1) is 6.92 Å². The van der Waals surface area contributed by atoms with Gasteiger partial charge in [-0.05, 0) is 31.2 Å². The van der Waals surface area contributed by atoms with Gasteiger partial charge in [0, 0.05) is 54.5 Å². The quantitative estimate of drug-likeness (QED) is 0.149. The van der Waals surface area contributed by atoms with E-state index < -0.39 is 44.0 Å². The number of carbonyl (C=O) groups is 2. The number of aromatic carboxylic acids is 2. The minimum Gasteiger partial charge on any atom is -0.545 e. The molecule has 2 aromatic heterocycles. The van der Waals surface area contributed by atoms with Crippen molar-refractivity contribution < 1.29 is 42.4 Å². The average molecular weight is 504 g/mol. The van der Waals surface area contributed by atoms with Crippen molar-refractivity contribution in [3.05, 3.63) is 69.8 Å². The van der Waals surface area contributed by atoms with E-state index in [9.17, 15) is 38.1 Å². The Morgan fingerprint density at radius 3 is 2.40 bits per heavy atom. The molecule has 2 heterocycles. The summed E-state index contributed by atoms with van der Waals surface area (Å²) in [6.07, 6.45) is 2.49. The molecule has 0 aliphatic rings. The fourth-order valence-electron chi connectivity index (χ4n) is 2.89. The van der Waals surface area contributed by atoms with Gasteiger partial charge < -0.3 is 20.1 Å². The summed E-state index contributed by atoms with van der Waals surface area (Å²) >= 11 is 0. The van der Waals surface area contributed by atoms with Gasteiger partial charge in [-0.2, -0.15) is 13.0 Å². The van der Waals surface area contributed by atoms with Gasteiger partial charge in [-0.3, -0.25) is 14.3 Å². The third-order valence-electron chi connectivity index (χ3n) is 4.43. The monoisotopic (exact) mass is 504 g/mol. The van der Waals surface area contributed by atoms with E-state index in [1.54, 1.807) is 0 Å². The van der Waals surface area contributed by atoms with Gasteiger partial charge in [0.2, 0.25) is 5.88 Å². The molecule has 16 heteroatoms. The second kappa shape index (κ2) is 11.7. The number of nitrogens with zero attached hydrogens (tertiary/aromatic N) is 3. The van der Waals surface area contributed by atoms with Crippen molar-refractivity contribution in [2.45, 2.75) is 11.8 Å². The van der Waals surface area contributed by atoms with Crippen molar-refractivity contribution >= 4 is 81.8 Å². The third-order valence-corrected chi connectivity index (χ3v) is 5.28. The molecule has 1 aromatic carbocycles. The molecule has 0 aliphatic carbocycles. The van der Waals surface area contributed by atoms with Gasteiger partial charge in [-0.25, -0.2) is 4.79 Å². The second-order valence-corrected chi connectivity index (χ2v) is 7.99. The molecule has 0 bridgehead atoms. The molecule has 0 fully saturated rings. The van der Waals surface area contributed by atoms with E-state index in [2.05, 4.69) is 15.2 Å². The summed E-state index contributed by atoms with van der Waals surface area (Å²) in [5.74, 6) is -3.74. The molecule has 3 rings (SSSR count). The van der Waals surface area contributed by atoms with Gasteiger partial charge in [0.25, 0.3) is 15.8 Å². The van der Waals surface area contributed by atoms with Crippen LogP contribution in [0.2, 0.25) is 0 Å². The third kappa shape index (κ3) is 6.65. The van der Waals surface area contributed by atoms with Crippen LogP contribution in [0.4, 0.5) is 11.4 Å². The van der Waals surface area contributed by atoms with Crippen molar-refractivity contribution in [3.63, 3.8) is 0 Å². The van der Waals surface area contributed by atoms with Crippen molar-refractivity contribution in [1.82, 2.24) is 4.98 Å². The molecule has 3 aromatic rings. The minimum absolute atomic E-state index is 0. The number of carbonyl (C=O) groups excluding carboxylic acids is 1. The molecule has 0 unspecified atom stereocenters. The molecule has 172 valence electrons. The molecule has 0 saturated carbocycles. The van der Waals surface area contributed by atoms with Gasteiger partial charge in [-0.1, -0.05) is 0 Å². The topological polar surface area (TPSA) is 213 Å². The van der Waals surface area contributed by atoms with Crippen LogP contribution in [0.15, 0.2) is 62.6 Å². The summed E-state index contributed by atoms with van der Waals surface area (Å²) in [5, 5.41) is 38.1. The maximum Gasteiger partial charge on any atom is 0.338 e. The predicted molar refractivity (Wildman–Crippen MR) is 118 cm³/mol. The van der Waals surface area contributed by atoms with Gasteiger partial charge in [0.15, 0.2) is 18.1 Å². The zero-order valence-electron chi connectivity index (χ0n) is 18.6. The fourth-order valence-corrected chi connectivity index (χ4v) is 3.40. The van der Waals surface area contributed by atoms with Crippen LogP contribution in [-0.4, -0.2) is 88.5 Å². The van der Waals surface area contributed by atoms with E-state index in [1.165, 1.54) is 29.8 Å². The maximum absolute atomic E-state index is 12.4. The first-order valence-electron chi connectivity index (χ1n) is 8.85. The molecule has 4 N–H and O–H groups in total. The van der Waals surface area contributed by atoms with Crippen molar-refractivity contribution in [1.29, 1.82) is 0 Å². The Hall–Kier alpha value is -2.83. The molecule has 0 spiro atoms. The number of benzene rings is 1. The number of nitrogens with one attached hydrogen (secondary N) is 1. The van der Waals surface area contributed by atoms with Crippen molar-refractivity contribution in [2.75, 3.05) is 0 Å². The number of azo groups is 1. The van der Waals surface area contributed by atoms with Crippen LogP contribution in [0.3, 0.4) is 0 Å². The Morgan fingerprint density at radius 2 is 1.83 bits per heavy atom. The summed E-state index contributed by atoms with van der Waals surface area (Å²) in [5.41, 5.74) is -2.24. The van der Waals surface area contributed by atoms with Crippen LogP contribution in [0.1, 0.15) is 26.3 Å². The number of aromatic amines is 1. The van der Waals surface area contributed by atoms with Gasteiger partial charge in [0.1, 0.15) is 5.69 Å². The van der Waals surface area contributed by atoms with Crippen LogP contribution < -0.4 is 15.2 Å². The Morgan fingerprint density at radius 1 is 1.17 bits per heavy atom. The van der Waals surface area contributed by atoms with Crippen LogP contribution in [0.25, 0.3) is 5.69 Å². The van der Waals surface area contributed by atoms with Crippen LogP contribution in [0.5, 0.6) is 5.88 Å². The summed E-state index contributed by atoms with van der Waals surface area (Å²) in [4.78, 5) is 36.5. The zero-order chi connectivity index (χ0) is 24.5. The summed E-state index contributed by atoms with van der Waals surface area (Å²) < 4.78 is 32.8. The number of hydrogen-bond acceptors (Lipinski definition) is 9. The van der Waals surface area contributed by atoms with Crippen LogP contribution in [-0.2, 0) is 10.1 Å². The number of carboxylic acid groups (broad SMARTS) is 2. The zero-order valence-corrected chi connectivity index (χ0v) is 21.4. The molecular formula is C19H14LiN4NaO9S. The van der Waals surface area contributed by atoms with Crippen molar-refractivity contribution in [2.24, 2.45) is 10.2 Å². The smallest absolute Gasteiger partial charge is 0.338 e. The molecule has 0 amide bonds. The van der Waals surface area contributed by atoms with E-state index in [1.807, 2.05) is 0 Å². The molecule has 2 radical (unpaired) electrons. The van der Waals surface area contributed by atoms with E-state index in [-0.39, 0.29) is 76.6 Å². The van der Waals surface area contributed by atoms with Crippen LogP contribution >= 0.6 is 0 Å². The first-order chi connectivity index (χ1) is 15.4. The standard InChI is InChI=1S/C19H14N4O9S.Li.Na/c1-9-14(22-21-13-5-4-11(33(30,31)32)7-12(13)19(28)29)16(24)20-17(25)15(9)23-6-2-3-10(8-23)18(26)27;;/h2-8H,1H3,(H4-,20,21,24,25,26,27,28,29,30,31,32);;. The molecule has 0 atom stereocenters. The Bertz CT molecular complexity index is 1510. The Kier molecular flexibility index (Phi) is 10.1. The molecular weight excluding hydrogens is 490 g/mol. The fraction of sp³-hybridized carbons (Fsp3) is 0.0526. The number of hydrogen-bond donors (Lipinski definition) is 4. The van der Waals surface area contributed by atoms with Crippen molar-refractivity contribution in [3.8, 4) is 11.6 Å². The first kappa shape index (κ1) is 30.2. The number of rotatable bonds is 6. The predicted octanol–water partition coefficient (Wildman–Crippen LogP) is -0.372. The molecule has 0 aliphatic heterocycles. The number of aromatic nitrogens is 2. The van der Waals surface area contributed by atoms with Gasteiger partial charge in [0.05, 0.1) is 27.6 Å². The number of pyridine rings is 2. The number of H-pyrrole nitrogens is 1. The van der Waals surface area contributed by atoms with E-state index in [0.717, 1.165) is 18.3 Å². The summed E-state index contributed by atoms with van der Waals surface area (Å²) in [7, 11) is -4.67. The molecule has 0 saturated heterocycles. The largest absolute Gasteiger partial charge is 0.545 e. The minimum atomic E-state index is -4.67. The van der Waals surface area contributed by atoms with E-state index in [0.29, 0.717) is 6.07 Å². The Balaban J connectivity index is 0.00000306.